The SMILES string of the molecule is C#CC(F)(F)[C@]1(O)CC[C@H]2[C@@H]3CCC4=C/C(=N/NC(=O)O[C@@H]5O[C@@H](C)[C@@H](OC(C)=O)[C@@H](OC(C)=O)[C@@H]5OC(C)=O)CCC4=C3[C@H](c3ccc(C4CC4)cc3)C[C@@]21C. The summed E-state index contributed by atoms with van der Waals surface area (Å²) in [5, 5.41) is 16.2. The number of esters is 3. The van der Waals surface area contributed by atoms with Gasteiger partial charge in [-0.3, -0.25) is 14.4 Å². The third-order valence-corrected chi connectivity index (χ3v) is 13.1. The average molecular weight is 793 g/mol. The van der Waals surface area contributed by atoms with Crippen molar-refractivity contribution in [1.82, 2.24) is 5.43 Å². The van der Waals surface area contributed by atoms with Gasteiger partial charge in [-0.2, -0.15) is 13.9 Å². The Balaban J connectivity index is 1.14. The van der Waals surface area contributed by atoms with E-state index in [1.54, 1.807) is 5.92 Å². The molecule has 0 unspecified atom stereocenters. The minimum atomic E-state index is -3.68. The number of hydrogen-bond acceptors (Lipinski definition) is 11. The van der Waals surface area contributed by atoms with Crippen LogP contribution in [0.25, 0.3) is 0 Å². The Bertz CT molecular complexity index is 1950. The summed E-state index contributed by atoms with van der Waals surface area (Å²) in [5.74, 6) is -4.09. The molecule has 57 heavy (non-hydrogen) atoms. The normalized spacial score (nSPS) is 35.4. The van der Waals surface area contributed by atoms with E-state index in [9.17, 15) is 24.3 Å². The Morgan fingerprint density at radius 3 is 2.18 bits per heavy atom. The Hall–Kier alpha value is -4.61. The standard InChI is InChI=1S/C43H50F2N2O10/c1-7-43(44,45)42(52)19-18-34-32-16-14-29-20-30(15-17-31(29)35(32)33(21-41(34,42)6)28-12-10-27(11-13-28)26-8-9-26)46-47-40(51)57-39-38(56-25(5)50)37(55-24(4)49)36(22(2)53-39)54-23(3)48/h1,10-13,20,22,26,32-34,36-39,52H,8-9,14-19,21H2,2-6H3,(H,47,51)/b46-30+/t22-,32-,33-,34-,36+,37+,38-,39-,41-,42-/m0/s1. The summed E-state index contributed by atoms with van der Waals surface area (Å²) < 4.78 is 58.4. The van der Waals surface area contributed by atoms with Gasteiger partial charge in [-0.05, 0) is 117 Å². The van der Waals surface area contributed by atoms with E-state index in [1.807, 2.05) is 13.0 Å². The zero-order valence-electron chi connectivity index (χ0n) is 32.8. The quantitative estimate of drug-likeness (QED) is 0.129. The number of carbonyl (C=O) groups excluding carboxylic acids is 4. The predicted molar refractivity (Wildman–Crippen MR) is 200 cm³/mol. The van der Waals surface area contributed by atoms with E-state index in [0.717, 1.165) is 44.7 Å². The maximum atomic E-state index is 15.5. The van der Waals surface area contributed by atoms with Crippen LogP contribution >= 0.6 is 0 Å². The van der Waals surface area contributed by atoms with Crippen LogP contribution in [0.15, 0.2) is 52.2 Å². The van der Waals surface area contributed by atoms with Crippen LogP contribution in [0.4, 0.5) is 13.6 Å². The number of rotatable bonds is 8. The molecule has 12 nitrogen and oxygen atoms in total. The molecule has 0 spiro atoms. The Kier molecular flexibility index (Phi) is 10.9. The minimum absolute atomic E-state index is 0.0162. The molecular weight excluding hydrogens is 742 g/mol. The molecule has 6 aliphatic rings. The molecule has 7 rings (SSSR count). The van der Waals surface area contributed by atoms with E-state index in [-0.39, 0.29) is 24.2 Å². The lowest BCUT2D eigenvalue weighted by atomic mass is 9.50. The zero-order chi connectivity index (χ0) is 41.0. The van der Waals surface area contributed by atoms with Crippen molar-refractivity contribution in [1.29, 1.82) is 0 Å². The van der Waals surface area contributed by atoms with Crippen molar-refractivity contribution in [3.63, 3.8) is 0 Å². The second kappa shape index (κ2) is 15.3. The van der Waals surface area contributed by atoms with E-state index in [2.05, 4.69) is 34.8 Å². The third kappa shape index (κ3) is 7.49. The maximum absolute atomic E-state index is 15.5. The lowest BCUT2D eigenvalue weighted by Gasteiger charge is -2.55. The highest BCUT2D eigenvalue weighted by atomic mass is 19.3. The molecule has 14 heteroatoms. The van der Waals surface area contributed by atoms with Crippen LogP contribution in [0.1, 0.15) is 115 Å². The molecule has 2 N–H and O–H groups in total. The van der Waals surface area contributed by atoms with Gasteiger partial charge in [0.1, 0.15) is 5.60 Å². The summed E-state index contributed by atoms with van der Waals surface area (Å²) in [7, 11) is 0. The van der Waals surface area contributed by atoms with E-state index < -0.39 is 71.6 Å². The summed E-state index contributed by atoms with van der Waals surface area (Å²) in [5.41, 5.74) is 5.34. The van der Waals surface area contributed by atoms with Gasteiger partial charge in [0.25, 0.3) is 0 Å². The van der Waals surface area contributed by atoms with Gasteiger partial charge in [-0.1, -0.05) is 36.8 Å². The average Bonchev–Trinajstić information content (AvgIpc) is 3.97. The van der Waals surface area contributed by atoms with Crippen molar-refractivity contribution in [2.24, 2.45) is 22.4 Å². The number of hydrogen-bond donors (Lipinski definition) is 2. The number of fused-ring (bicyclic) bond motifs is 4. The van der Waals surface area contributed by atoms with Gasteiger partial charge in [-0.25, -0.2) is 10.2 Å². The van der Waals surface area contributed by atoms with Gasteiger partial charge in [0.2, 0.25) is 12.4 Å². The van der Waals surface area contributed by atoms with Gasteiger partial charge in [-0.15, -0.1) is 6.42 Å². The molecule has 3 saturated carbocycles. The number of amides is 1. The van der Waals surface area contributed by atoms with Crippen molar-refractivity contribution < 1.29 is 56.7 Å². The number of nitrogens with one attached hydrogen (secondary N) is 1. The highest BCUT2D eigenvalue weighted by Crippen LogP contribution is 2.69. The van der Waals surface area contributed by atoms with E-state index in [4.69, 9.17) is 30.1 Å². The van der Waals surface area contributed by atoms with Crippen LogP contribution in [0, 0.1) is 29.6 Å². The maximum Gasteiger partial charge on any atom is 0.430 e. The molecule has 5 aliphatic carbocycles. The number of terminal acetylenes is 1. The molecule has 1 aromatic carbocycles. The number of aliphatic hydroxyl groups is 1. The monoisotopic (exact) mass is 792 g/mol. The van der Waals surface area contributed by atoms with E-state index in [0.29, 0.717) is 50.2 Å². The topological polar surface area (TPSA) is 159 Å². The van der Waals surface area contributed by atoms with Crippen LogP contribution in [0.5, 0.6) is 0 Å². The molecular formula is C43H50F2N2O10. The van der Waals surface area contributed by atoms with Crippen molar-refractivity contribution in [2.45, 2.75) is 146 Å². The molecule has 1 aromatic rings. The summed E-state index contributed by atoms with van der Waals surface area (Å²) in [6, 6.07) is 8.54. The minimum Gasteiger partial charge on any atom is -0.456 e. The highest BCUT2D eigenvalue weighted by molar-refractivity contribution is 5.98. The largest absolute Gasteiger partial charge is 0.456 e. The molecule has 1 amide bonds. The molecule has 4 fully saturated rings. The second-order valence-electron chi connectivity index (χ2n) is 16.6. The molecule has 1 heterocycles. The van der Waals surface area contributed by atoms with Gasteiger partial charge < -0.3 is 28.8 Å². The molecule has 1 aliphatic heterocycles. The molecule has 0 aromatic heterocycles. The fourth-order valence-electron chi connectivity index (χ4n) is 10.4. The number of allylic oxidation sites excluding steroid dienone is 4. The Morgan fingerprint density at radius 2 is 1.54 bits per heavy atom. The lowest BCUT2D eigenvalue weighted by molar-refractivity contribution is -0.286. The Labute approximate surface area is 330 Å². The molecule has 0 radical (unpaired) electrons. The summed E-state index contributed by atoms with van der Waals surface area (Å²) >= 11 is 0. The molecule has 306 valence electrons. The highest BCUT2D eigenvalue weighted by Gasteiger charge is 2.71. The fraction of sp³-hybridized carbons (Fsp3) is 0.605. The molecule has 0 bridgehead atoms. The van der Waals surface area contributed by atoms with Gasteiger partial charge in [0.15, 0.2) is 12.2 Å². The summed E-state index contributed by atoms with van der Waals surface area (Å²) in [4.78, 5) is 49.0. The van der Waals surface area contributed by atoms with Gasteiger partial charge in [0.05, 0.1) is 11.8 Å². The molecule has 10 atom stereocenters. The van der Waals surface area contributed by atoms with E-state index >= 15 is 8.78 Å². The number of hydrazone groups is 1. The first-order valence-electron chi connectivity index (χ1n) is 19.8. The second-order valence-corrected chi connectivity index (χ2v) is 16.6. The van der Waals surface area contributed by atoms with Crippen molar-refractivity contribution in [3.05, 3.63) is 58.2 Å². The Morgan fingerprint density at radius 1 is 0.912 bits per heavy atom. The first-order chi connectivity index (χ1) is 27.0. The number of halogens is 2. The smallest absolute Gasteiger partial charge is 0.430 e. The summed E-state index contributed by atoms with van der Waals surface area (Å²) in [6.07, 6.45) is 5.33. The summed E-state index contributed by atoms with van der Waals surface area (Å²) in [6.45, 7) is 6.75. The first kappa shape index (κ1) is 40.6. The fourth-order valence-corrected chi connectivity index (χ4v) is 10.4. The lowest BCUT2D eigenvalue weighted by Crippen LogP contribution is -2.61. The van der Waals surface area contributed by atoms with Crippen LogP contribution in [-0.4, -0.2) is 77.0 Å². The van der Waals surface area contributed by atoms with Crippen molar-refractivity contribution in [3.8, 4) is 12.3 Å². The van der Waals surface area contributed by atoms with Crippen LogP contribution in [0.3, 0.4) is 0 Å². The number of alkyl halides is 2. The van der Waals surface area contributed by atoms with Crippen LogP contribution in [-0.2, 0) is 38.1 Å². The number of benzene rings is 1. The van der Waals surface area contributed by atoms with Gasteiger partial charge >= 0.3 is 29.9 Å². The predicted octanol–water partition coefficient (Wildman–Crippen LogP) is 6.52. The van der Waals surface area contributed by atoms with Gasteiger partial charge in [0, 0.05) is 32.1 Å². The third-order valence-electron chi connectivity index (χ3n) is 13.1. The molecule has 1 saturated heterocycles. The van der Waals surface area contributed by atoms with Crippen molar-refractivity contribution >= 4 is 29.7 Å². The van der Waals surface area contributed by atoms with Crippen molar-refractivity contribution in [2.75, 3.05) is 0 Å². The number of ether oxygens (including phenoxy) is 5. The van der Waals surface area contributed by atoms with Crippen LogP contribution < -0.4 is 5.43 Å². The first-order valence-corrected chi connectivity index (χ1v) is 19.8. The zero-order valence-corrected chi connectivity index (χ0v) is 32.8. The van der Waals surface area contributed by atoms with Crippen LogP contribution in [0.2, 0.25) is 0 Å². The number of carbonyl (C=O) groups is 4. The number of nitrogens with zero attached hydrogens (tertiary/aromatic N) is 1. The van der Waals surface area contributed by atoms with E-state index in [1.165, 1.54) is 23.6 Å².